The van der Waals surface area contributed by atoms with Gasteiger partial charge < -0.3 is 16.3 Å². The Labute approximate surface area is 148 Å². The van der Waals surface area contributed by atoms with E-state index in [9.17, 15) is 9.90 Å². The first-order valence-corrected chi connectivity index (χ1v) is 8.51. The Kier molecular flexibility index (Phi) is 4.90. The monoisotopic (exact) mass is 355 g/mol. The summed E-state index contributed by atoms with van der Waals surface area (Å²) in [6.07, 6.45) is 0. The zero-order chi connectivity index (χ0) is 17.8. The van der Waals surface area contributed by atoms with Gasteiger partial charge in [-0.25, -0.2) is 4.68 Å². The highest BCUT2D eigenvalue weighted by atomic mass is 32.2. The summed E-state index contributed by atoms with van der Waals surface area (Å²) in [7, 11) is 0. The highest BCUT2D eigenvalue weighted by Gasteiger charge is 2.16. The van der Waals surface area contributed by atoms with Crippen molar-refractivity contribution in [3.63, 3.8) is 0 Å². The van der Waals surface area contributed by atoms with E-state index in [4.69, 9.17) is 5.84 Å². The van der Waals surface area contributed by atoms with E-state index in [-0.39, 0.29) is 17.4 Å². The number of para-hydroxylation sites is 1. The number of anilines is 1. The summed E-state index contributed by atoms with van der Waals surface area (Å²) in [5, 5.41) is 21.1. The zero-order valence-corrected chi connectivity index (χ0v) is 14.3. The number of aromatic hydroxyl groups is 1. The third-order valence-electron chi connectivity index (χ3n) is 3.48. The van der Waals surface area contributed by atoms with Crippen LogP contribution < -0.4 is 11.2 Å². The number of rotatable bonds is 5. The van der Waals surface area contributed by atoms with Crippen LogP contribution in [0.5, 0.6) is 5.75 Å². The SMILES string of the molecule is Cc1ccc(NC(=O)CSc2nnc(-c3ccccc3O)n2N)cc1. The number of benzene rings is 2. The summed E-state index contributed by atoms with van der Waals surface area (Å²) < 4.78 is 1.26. The average Bonchev–Trinajstić information content (AvgIpc) is 2.96. The second kappa shape index (κ2) is 7.27. The molecule has 7 nitrogen and oxygen atoms in total. The molecule has 0 bridgehead atoms. The molecular weight excluding hydrogens is 338 g/mol. The molecule has 0 radical (unpaired) electrons. The number of aromatic nitrogens is 3. The molecule has 128 valence electrons. The van der Waals surface area contributed by atoms with Crippen LogP contribution in [0.1, 0.15) is 5.56 Å². The second-order valence-corrected chi connectivity index (χ2v) is 6.34. The van der Waals surface area contributed by atoms with E-state index in [0.717, 1.165) is 11.3 Å². The van der Waals surface area contributed by atoms with E-state index >= 15 is 0 Å². The number of nitrogen functional groups attached to an aromatic ring is 1. The number of hydrogen-bond acceptors (Lipinski definition) is 6. The van der Waals surface area contributed by atoms with Crippen molar-refractivity contribution in [3.05, 3.63) is 54.1 Å². The van der Waals surface area contributed by atoms with Gasteiger partial charge in [-0.15, -0.1) is 10.2 Å². The molecule has 1 amide bonds. The van der Waals surface area contributed by atoms with E-state index in [0.29, 0.717) is 16.5 Å². The Bertz CT molecular complexity index is 892. The number of hydrogen-bond donors (Lipinski definition) is 3. The summed E-state index contributed by atoms with van der Waals surface area (Å²) in [5.74, 6) is 6.36. The van der Waals surface area contributed by atoms with Gasteiger partial charge in [0.2, 0.25) is 11.1 Å². The number of nitrogens with one attached hydrogen (secondary N) is 1. The molecule has 3 rings (SSSR count). The minimum Gasteiger partial charge on any atom is -0.507 e. The Hall–Kier alpha value is -3.00. The summed E-state index contributed by atoms with van der Waals surface area (Å²) in [6.45, 7) is 1.98. The minimum absolute atomic E-state index is 0.0651. The maximum atomic E-state index is 12.0. The first-order valence-electron chi connectivity index (χ1n) is 7.53. The van der Waals surface area contributed by atoms with Gasteiger partial charge in [-0.1, -0.05) is 41.6 Å². The summed E-state index contributed by atoms with van der Waals surface area (Å²) >= 11 is 1.17. The van der Waals surface area contributed by atoms with E-state index in [1.807, 2.05) is 31.2 Å². The molecule has 0 spiro atoms. The van der Waals surface area contributed by atoms with Crippen LogP contribution in [-0.4, -0.2) is 31.6 Å². The van der Waals surface area contributed by atoms with E-state index in [1.165, 1.54) is 16.4 Å². The van der Waals surface area contributed by atoms with Crippen molar-refractivity contribution in [2.75, 3.05) is 16.9 Å². The van der Waals surface area contributed by atoms with E-state index in [2.05, 4.69) is 15.5 Å². The fraction of sp³-hybridized carbons (Fsp3) is 0.118. The Morgan fingerprint density at radius 3 is 2.64 bits per heavy atom. The van der Waals surface area contributed by atoms with Gasteiger partial charge in [-0.3, -0.25) is 4.79 Å². The van der Waals surface area contributed by atoms with Gasteiger partial charge in [0.25, 0.3) is 0 Å². The highest BCUT2D eigenvalue weighted by molar-refractivity contribution is 7.99. The van der Waals surface area contributed by atoms with Gasteiger partial charge >= 0.3 is 0 Å². The van der Waals surface area contributed by atoms with Gasteiger partial charge in [0, 0.05) is 5.69 Å². The molecule has 0 atom stereocenters. The number of thioether (sulfide) groups is 1. The highest BCUT2D eigenvalue weighted by Crippen LogP contribution is 2.28. The fourth-order valence-corrected chi connectivity index (χ4v) is 2.84. The largest absolute Gasteiger partial charge is 0.507 e. The second-order valence-electron chi connectivity index (χ2n) is 5.40. The van der Waals surface area contributed by atoms with Gasteiger partial charge in [-0.05, 0) is 31.2 Å². The Morgan fingerprint density at radius 1 is 1.20 bits per heavy atom. The molecule has 25 heavy (non-hydrogen) atoms. The Balaban J connectivity index is 1.65. The normalized spacial score (nSPS) is 10.6. The third kappa shape index (κ3) is 3.92. The number of carbonyl (C=O) groups excluding carboxylic acids is 1. The van der Waals surface area contributed by atoms with Crippen LogP contribution >= 0.6 is 11.8 Å². The molecule has 1 aromatic heterocycles. The lowest BCUT2D eigenvalue weighted by atomic mass is 10.2. The number of phenolic OH excluding ortho intramolecular Hbond substituents is 1. The van der Waals surface area contributed by atoms with E-state index in [1.54, 1.807) is 24.3 Å². The number of amides is 1. The van der Waals surface area contributed by atoms with Crippen molar-refractivity contribution in [1.82, 2.24) is 14.9 Å². The zero-order valence-electron chi connectivity index (χ0n) is 13.5. The maximum Gasteiger partial charge on any atom is 0.234 e. The van der Waals surface area contributed by atoms with Crippen molar-refractivity contribution in [3.8, 4) is 17.1 Å². The average molecular weight is 355 g/mol. The van der Waals surface area contributed by atoms with Crippen molar-refractivity contribution in [2.45, 2.75) is 12.1 Å². The first-order chi connectivity index (χ1) is 12.0. The minimum atomic E-state index is -0.166. The van der Waals surface area contributed by atoms with Crippen LogP contribution in [0.4, 0.5) is 5.69 Å². The van der Waals surface area contributed by atoms with Crippen molar-refractivity contribution >= 4 is 23.4 Å². The molecule has 0 aliphatic carbocycles. The molecule has 0 fully saturated rings. The molecule has 3 aromatic rings. The fourth-order valence-electron chi connectivity index (χ4n) is 2.19. The molecular formula is C17H17N5O2S. The van der Waals surface area contributed by atoms with Gasteiger partial charge in [0.1, 0.15) is 5.75 Å². The molecule has 0 aliphatic heterocycles. The Morgan fingerprint density at radius 2 is 1.92 bits per heavy atom. The smallest absolute Gasteiger partial charge is 0.234 e. The number of nitrogens with two attached hydrogens (primary N) is 1. The third-order valence-corrected chi connectivity index (χ3v) is 4.42. The number of aryl methyl sites for hydroxylation is 1. The molecule has 0 aliphatic rings. The molecule has 0 saturated carbocycles. The number of nitrogens with zero attached hydrogens (tertiary/aromatic N) is 3. The van der Waals surface area contributed by atoms with Crippen LogP contribution in [0.3, 0.4) is 0 Å². The predicted octanol–water partition coefficient (Wildman–Crippen LogP) is 2.40. The lowest BCUT2D eigenvalue weighted by Gasteiger charge is -2.06. The van der Waals surface area contributed by atoms with Crippen LogP contribution in [0.15, 0.2) is 53.7 Å². The molecule has 4 N–H and O–H groups in total. The number of carbonyl (C=O) groups is 1. The summed E-state index contributed by atoms with van der Waals surface area (Å²) in [5.41, 5.74) is 2.34. The first kappa shape index (κ1) is 16.8. The standard InChI is InChI=1S/C17H17N5O2S/c1-11-6-8-12(9-7-11)19-15(24)10-25-17-21-20-16(22(17)18)13-4-2-3-5-14(13)23/h2-9,23H,10,18H2,1H3,(H,19,24). The molecule has 0 unspecified atom stereocenters. The molecule has 8 heteroatoms. The maximum absolute atomic E-state index is 12.0. The van der Waals surface area contributed by atoms with E-state index < -0.39 is 0 Å². The van der Waals surface area contributed by atoms with Gasteiger partial charge in [0.05, 0.1) is 11.3 Å². The van der Waals surface area contributed by atoms with Gasteiger partial charge in [-0.2, -0.15) is 0 Å². The summed E-state index contributed by atoms with van der Waals surface area (Å²) in [6, 6.07) is 14.3. The van der Waals surface area contributed by atoms with Crippen LogP contribution in [0.2, 0.25) is 0 Å². The quantitative estimate of drug-likeness (QED) is 0.479. The summed E-state index contributed by atoms with van der Waals surface area (Å²) in [4.78, 5) is 12.0. The lowest BCUT2D eigenvalue weighted by Crippen LogP contribution is -2.16. The predicted molar refractivity (Wildman–Crippen MR) is 97.8 cm³/mol. The molecule has 0 saturated heterocycles. The van der Waals surface area contributed by atoms with Crippen molar-refractivity contribution in [2.24, 2.45) is 0 Å². The van der Waals surface area contributed by atoms with Crippen LogP contribution in [-0.2, 0) is 4.79 Å². The lowest BCUT2D eigenvalue weighted by molar-refractivity contribution is -0.113. The van der Waals surface area contributed by atoms with Crippen LogP contribution in [0, 0.1) is 6.92 Å². The van der Waals surface area contributed by atoms with Crippen LogP contribution in [0.25, 0.3) is 11.4 Å². The van der Waals surface area contributed by atoms with Crippen molar-refractivity contribution in [1.29, 1.82) is 0 Å². The topological polar surface area (TPSA) is 106 Å². The van der Waals surface area contributed by atoms with Crippen molar-refractivity contribution < 1.29 is 9.90 Å². The van der Waals surface area contributed by atoms with Gasteiger partial charge in [0.15, 0.2) is 5.82 Å². The number of phenols is 1. The molecule has 1 heterocycles. The molecule has 2 aromatic carbocycles.